The number of benzene rings is 1. The molecular formula is C19H13BrN2O2S. The van der Waals surface area contributed by atoms with Gasteiger partial charge in [-0.25, -0.2) is 9.78 Å². The van der Waals surface area contributed by atoms with Crippen LogP contribution in [-0.4, -0.2) is 9.97 Å². The van der Waals surface area contributed by atoms with Crippen molar-refractivity contribution in [3.63, 3.8) is 0 Å². The van der Waals surface area contributed by atoms with Gasteiger partial charge in [-0.1, -0.05) is 22.9 Å². The predicted molar refractivity (Wildman–Crippen MR) is 104 cm³/mol. The summed E-state index contributed by atoms with van der Waals surface area (Å²) in [5, 5.41) is 3.61. The fraction of sp³-hybridized carbons (Fsp3) is 0.105. The summed E-state index contributed by atoms with van der Waals surface area (Å²) in [5.41, 5.74) is 3.31. The van der Waals surface area contributed by atoms with Crippen LogP contribution in [0.3, 0.4) is 0 Å². The minimum Gasteiger partial charge on any atom is -0.422 e. The van der Waals surface area contributed by atoms with E-state index in [0.717, 1.165) is 32.5 Å². The zero-order chi connectivity index (χ0) is 17.4. The molecule has 6 heteroatoms. The summed E-state index contributed by atoms with van der Waals surface area (Å²) in [5.74, 6) is 0. The Kier molecular flexibility index (Phi) is 4.23. The maximum absolute atomic E-state index is 12.3. The minimum absolute atomic E-state index is 0.379. The number of hydrogen-bond donors (Lipinski definition) is 0. The van der Waals surface area contributed by atoms with Crippen LogP contribution in [0.25, 0.3) is 32.8 Å². The number of halogens is 1. The fourth-order valence-electron chi connectivity index (χ4n) is 2.61. The number of nitrogens with zero attached hydrogens (tertiary/aromatic N) is 2. The standard InChI is InChI=1S/C19H13BrN2O2S/c1-2-14-8-11(5-6-21-14)18-22-16(10-25-18)15-9-12-7-13(20)3-4-17(12)24-19(15)23/h3-10H,2H2,1H3. The molecule has 0 unspecified atom stereocenters. The summed E-state index contributed by atoms with van der Waals surface area (Å²) in [7, 11) is 0. The summed E-state index contributed by atoms with van der Waals surface area (Å²) < 4.78 is 6.36. The number of hydrogen-bond acceptors (Lipinski definition) is 5. The van der Waals surface area contributed by atoms with E-state index in [0.29, 0.717) is 16.8 Å². The van der Waals surface area contributed by atoms with Gasteiger partial charge >= 0.3 is 5.63 Å². The van der Waals surface area contributed by atoms with E-state index < -0.39 is 0 Å². The average molecular weight is 413 g/mol. The zero-order valence-corrected chi connectivity index (χ0v) is 15.7. The second-order valence-corrected chi connectivity index (χ2v) is 7.33. The van der Waals surface area contributed by atoms with Crippen molar-refractivity contribution >= 4 is 38.2 Å². The lowest BCUT2D eigenvalue weighted by Gasteiger charge is -2.01. The third kappa shape index (κ3) is 3.15. The summed E-state index contributed by atoms with van der Waals surface area (Å²) in [6, 6.07) is 11.3. The molecule has 4 rings (SSSR count). The highest BCUT2D eigenvalue weighted by Gasteiger charge is 2.13. The van der Waals surface area contributed by atoms with E-state index >= 15 is 0 Å². The Balaban J connectivity index is 1.80. The second kappa shape index (κ2) is 6.54. The van der Waals surface area contributed by atoms with Crippen molar-refractivity contribution in [1.29, 1.82) is 0 Å². The minimum atomic E-state index is -0.379. The quantitative estimate of drug-likeness (QED) is 0.428. The Hall–Kier alpha value is -2.31. The summed E-state index contributed by atoms with van der Waals surface area (Å²) in [4.78, 5) is 21.3. The van der Waals surface area contributed by atoms with Crippen molar-refractivity contribution in [2.75, 3.05) is 0 Å². The number of aromatic nitrogens is 2. The molecule has 0 radical (unpaired) electrons. The topological polar surface area (TPSA) is 56.0 Å². The summed E-state index contributed by atoms with van der Waals surface area (Å²) >= 11 is 4.95. The van der Waals surface area contributed by atoms with Crippen molar-refractivity contribution < 1.29 is 4.42 Å². The molecule has 4 aromatic rings. The third-order valence-corrected chi connectivity index (χ3v) is 5.28. The van der Waals surface area contributed by atoms with Crippen LogP contribution in [0.15, 0.2) is 61.7 Å². The van der Waals surface area contributed by atoms with Crippen LogP contribution in [0, 0.1) is 0 Å². The van der Waals surface area contributed by atoms with E-state index in [1.165, 1.54) is 11.3 Å². The van der Waals surface area contributed by atoms with Crippen LogP contribution in [0.5, 0.6) is 0 Å². The van der Waals surface area contributed by atoms with E-state index in [4.69, 9.17) is 4.42 Å². The highest BCUT2D eigenvalue weighted by Crippen LogP contribution is 2.29. The lowest BCUT2D eigenvalue weighted by Crippen LogP contribution is -2.02. The van der Waals surface area contributed by atoms with E-state index in [-0.39, 0.29) is 5.63 Å². The van der Waals surface area contributed by atoms with E-state index in [1.54, 1.807) is 12.3 Å². The van der Waals surface area contributed by atoms with Gasteiger partial charge in [0.05, 0.1) is 11.3 Å². The molecule has 0 atom stereocenters. The first-order valence-electron chi connectivity index (χ1n) is 7.78. The van der Waals surface area contributed by atoms with E-state index in [1.807, 2.05) is 35.7 Å². The number of aryl methyl sites for hydroxylation is 1. The molecule has 0 spiro atoms. The normalized spacial score (nSPS) is 11.1. The van der Waals surface area contributed by atoms with Crippen LogP contribution in [0.1, 0.15) is 12.6 Å². The van der Waals surface area contributed by atoms with Crippen LogP contribution < -0.4 is 5.63 Å². The van der Waals surface area contributed by atoms with Gasteiger partial charge in [-0.05, 0) is 42.8 Å². The van der Waals surface area contributed by atoms with Crippen molar-refractivity contribution in [2.24, 2.45) is 0 Å². The maximum atomic E-state index is 12.3. The molecule has 0 aliphatic carbocycles. The lowest BCUT2D eigenvalue weighted by atomic mass is 10.1. The molecule has 0 fully saturated rings. The van der Waals surface area contributed by atoms with Gasteiger partial charge in [-0.15, -0.1) is 11.3 Å². The Morgan fingerprint density at radius 2 is 2.08 bits per heavy atom. The van der Waals surface area contributed by atoms with Gasteiger partial charge in [0, 0.05) is 32.7 Å². The molecular weight excluding hydrogens is 400 g/mol. The first-order valence-corrected chi connectivity index (χ1v) is 9.46. The van der Waals surface area contributed by atoms with Gasteiger partial charge in [0.1, 0.15) is 10.6 Å². The Morgan fingerprint density at radius 1 is 1.20 bits per heavy atom. The first kappa shape index (κ1) is 16.2. The molecule has 0 N–H and O–H groups in total. The van der Waals surface area contributed by atoms with Crippen molar-refractivity contribution in [1.82, 2.24) is 9.97 Å². The molecule has 124 valence electrons. The molecule has 0 saturated carbocycles. The van der Waals surface area contributed by atoms with Gasteiger partial charge in [-0.3, -0.25) is 4.98 Å². The van der Waals surface area contributed by atoms with Gasteiger partial charge in [0.25, 0.3) is 0 Å². The number of rotatable bonds is 3. The fourth-order valence-corrected chi connectivity index (χ4v) is 3.80. The smallest absolute Gasteiger partial charge is 0.345 e. The molecule has 0 amide bonds. The first-order chi connectivity index (χ1) is 12.1. The Morgan fingerprint density at radius 3 is 2.92 bits per heavy atom. The third-order valence-electron chi connectivity index (χ3n) is 3.90. The van der Waals surface area contributed by atoms with Crippen LogP contribution in [0.2, 0.25) is 0 Å². The van der Waals surface area contributed by atoms with Crippen LogP contribution >= 0.6 is 27.3 Å². The molecule has 0 saturated heterocycles. The van der Waals surface area contributed by atoms with Gasteiger partial charge in [0.2, 0.25) is 0 Å². The molecule has 3 aromatic heterocycles. The van der Waals surface area contributed by atoms with Gasteiger partial charge < -0.3 is 4.42 Å². The van der Waals surface area contributed by atoms with Gasteiger partial charge in [-0.2, -0.15) is 0 Å². The molecule has 25 heavy (non-hydrogen) atoms. The van der Waals surface area contributed by atoms with Crippen molar-refractivity contribution in [3.05, 3.63) is 68.6 Å². The lowest BCUT2D eigenvalue weighted by molar-refractivity contribution is 0.563. The zero-order valence-electron chi connectivity index (χ0n) is 13.3. The number of pyridine rings is 1. The van der Waals surface area contributed by atoms with Crippen LogP contribution in [-0.2, 0) is 6.42 Å². The predicted octanol–water partition coefficient (Wildman–Crippen LogP) is 5.30. The second-order valence-electron chi connectivity index (χ2n) is 5.56. The Bertz CT molecular complexity index is 1130. The van der Waals surface area contributed by atoms with Gasteiger partial charge in [0.15, 0.2) is 0 Å². The molecule has 3 heterocycles. The highest BCUT2D eigenvalue weighted by atomic mass is 79.9. The maximum Gasteiger partial charge on any atom is 0.345 e. The summed E-state index contributed by atoms with van der Waals surface area (Å²) in [6.07, 6.45) is 2.66. The summed E-state index contributed by atoms with van der Waals surface area (Å²) in [6.45, 7) is 2.07. The SMILES string of the molecule is CCc1cc(-c2nc(-c3cc4cc(Br)ccc4oc3=O)cs2)ccn1. The molecule has 1 aromatic carbocycles. The van der Waals surface area contributed by atoms with E-state index in [2.05, 4.69) is 32.8 Å². The number of thiazole rings is 1. The molecule has 0 aliphatic rings. The van der Waals surface area contributed by atoms with Crippen molar-refractivity contribution in [2.45, 2.75) is 13.3 Å². The molecule has 0 aliphatic heterocycles. The number of fused-ring (bicyclic) bond motifs is 1. The molecule has 0 bridgehead atoms. The Labute approximate surface area is 156 Å². The average Bonchev–Trinajstić information content (AvgIpc) is 3.11. The highest BCUT2D eigenvalue weighted by molar-refractivity contribution is 9.10. The monoisotopic (exact) mass is 412 g/mol. The largest absolute Gasteiger partial charge is 0.422 e. The van der Waals surface area contributed by atoms with Crippen LogP contribution in [0.4, 0.5) is 0 Å². The molecule has 4 nitrogen and oxygen atoms in total. The van der Waals surface area contributed by atoms with E-state index in [9.17, 15) is 4.79 Å². The van der Waals surface area contributed by atoms with Crippen molar-refractivity contribution in [3.8, 4) is 21.8 Å².